The maximum absolute atomic E-state index is 12.7. The minimum Gasteiger partial charge on any atom is -0.342 e. The molecule has 1 amide bonds. The smallest absolute Gasteiger partial charge is 0.253 e. The zero-order valence-electron chi connectivity index (χ0n) is 16.3. The van der Waals surface area contributed by atoms with Gasteiger partial charge in [0.15, 0.2) is 0 Å². The van der Waals surface area contributed by atoms with Crippen molar-refractivity contribution in [3.05, 3.63) is 65.7 Å². The van der Waals surface area contributed by atoms with Gasteiger partial charge in [-0.2, -0.15) is 0 Å². The highest BCUT2D eigenvalue weighted by Gasteiger charge is 2.20. The molecule has 5 nitrogen and oxygen atoms in total. The zero-order chi connectivity index (χ0) is 20.0. The topological polar surface area (TPSA) is 66.5 Å². The van der Waals surface area contributed by atoms with Crippen LogP contribution in [0.15, 0.2) is 59.5 Å². The largest absolute Gasteiger partial charge is 0.342 e. The molecule has 2 aromatic rings. The van der Waals surface area contributed by atoms with Crippen LogP contribution in [-0.2, 0) is 10.0 Å². The first-order valence-corrected chi connectivity index (χ1v) is 10.6. The lowest BCUT2D eigenvalue weighted by Crippen LogP contribution is -2.29. The first kappa shape index (κ1) is 21.1. The van der Waals surface area contributed by atoms with Crippen molar-refractivity contribution in [2.24, 2.45) is 5.92 Å². The molecule has 1 atom stereocenters. The number of hydrogen-bond acceptors (Lipinski definition) is 3. The Morgan fingerprint density at radius 3 is 2.33 bits per heavy atom. The van der Waals surface area contributed by atoms with Crippen molar-refractivity contribution in [1.29, 1.82) is 0 Å². The Labute approximate surface area is 162 Å². The number of rotatable bonds is 8. The molecule has 0 aliphatic heterocycles. The van der Waals surface area contributed by atoms with Gasteiger partial charge in [0.25, 0.3) is 5.91 Å². The number of nitrogens with zero attached hydrogens (tertiary/aromatic N) is 1. The summed E-state index contributed by atoms with van der Waals surface area (Å²) < 4.78 is 28.2. The van der Waals surface area contributed by atoms with E-state index in [-0.39, 0.29) is 16.8 Å². The number of carbonyl (C=O) groups is 1. The van der Waals surface area contributed by atoms with Gasteiger partial charge in [0, 0.05) is 25.2 Å². The van der Waals surface area contributed by atoms with E-state index in [2.05, 4.69) is 18.6 Å². The summed E-state index contributed by atoms with van der Waals surface area (Å²) in [6.07, 6.45) is 0.899. The number of nitrogens with one attached hydrogen (secondary N) is 1. The van der Waals surface area contributed by atoms with Crippen molar-refractivity contribution < 1.29 is 13.2 Å². The van der Waals surface area contributed by atoms with Crippen LogP contribution in [-0.4, -0.2) is 32.8 Å². The van der Waals surface area contributed by atoms with Gasteiger partial charge in [-0.3, -0.25) is 4.79 Å². The van der Waals surface area contributed by atoms with E-state index in [9.17, 15) is 13.2 Å². The Bertz CT molecular complexity index is 864. The molecule has 27 heavy (non-hydrogen) atoms. The van der Waals surface area contributed by atoms with Gasteiger partial charge in [-0.1, -0.05) is 50.2 Å². The molecule has 1 N–H and O–H groups in total. The Morgan fingerprint density at radius 2 is 1.70 bits per heavy atom. The monoisotopic (exact) mass is 388 g/mol. The molecule has 1 unspecified atom stereocenters. The fourth-order valence-electron chi connectivity index (χ4n) is 2.68. The average Bonchev–Trinajstić information content (AvgIpc) is 2.66. The summed E-state index contributed by atoms with van der Waals surface area (Å²) in [6.45, 7) is 6.63. The molecule has 0 aliphatic rings. The second kappa shape index (κ2) is 9.15. The summed E-state index contributed by atoms with van der Waals surface area (Å²) in [5.41, 5.74) is 1.25. The predicted molar refractivity (Wildman–Crippen MR) is 108 cm³/mol. The van der Waals surface area contributed by atoms with E-state index >= 15 is 0 Å². The molecular formula is C21H28N2O3S. The molecule has 2 aromatic carbocycles. The van der Waals surface area contributed by atoms with Crippen LogP contribution in [0.2, 0.25) is 0 Å². The van der Waals surface area contributed by atoms with Gasteiger partial charge in [-0.15, -0.1) is 0 Å². The molecule has 0 saturated carbocycles. The van der Waals surface area contributed by atoms with E-state index in [4.69, 9.17) is 0 Å². The van der Waals surface area contributed by atoms with Crippen LogP contribution in [0.1, 0.15) is 49.2 Å². The summed E-state index contributed by atoms with van der Waals surface area (Å²) in [5.74, 6) is 0.319. The fourth-order valence-corrected chi connectivity index (χ4v) is 3.96. The van der Waals surface area contributed by atoms with Crippen molar-refractivity contribution in [1.82, 2.24) is 9.62 Å². The molecule has 0 radical (unpaired) electrons. The van der Waals surface area contributed by atoms with Gasteiger partial charge in [0.1, 0.15) is 0 Å². The van der Waals surface area contributed by atoms with Crippen molar-refractivity contribution >= 4 is 15.9 Å². The highest BCUT2D eigenvalue weighted by atomic mass is 32.2. The summed E-state index contributed by atoms with van der Waals surface area (Å²) in [7, 11) is -2.00. The Morgan fingerprint density at radius 1 is 1.04 bits per heavy atom. The quantitative estimate of drug-likeness (QED) is 0.747. The van der Waals surface area contributed by atoms with E-state index in [0.717, 1.165) is 12.0 Å². The van der Waals surface area contributed by atoms with Gasteiger partial charge in [-0.25, -0.2) is 13.1 Å². The third kappa shape index (κ3) is 5.91. The van der Waals surface area contributed by atoms with E-state index in [1.165, 1.54) is 12.1 Å². The number of amides is 1. The lowest BCUT2D eigenvalue weighted by Gasteiger charge is -2.19. The minimum absolute atomic E-state index is 0.0911. The average molecular weight is 389 g/mol. The fraction of sp³-hybridized carbons (Fsp3) is 0.381. The van der Waals surface area contributed by atoms with Crippen LogP contribution >= 0.6 is 0 Å². The SMILES string of the molecule is CC(C)CCN(C)C(=O)c1cccc(S(=O)(=O)NC(C)c2ccccc2)c1. The van der Waals surface area contributed by atoms with Crippen LogP contribution in [0.3, 0.4) is 0 Å². The normalized spacial score (nSPS) is 12.8. The van der Waals surface area contributed by atoms with Gasteiger partial charge in [-0.05, 0) is 43.0 Å². The Hall–Kier alpha value is -2.18. The molecule has 0 aromatic heterocycles. The van der Waals surface area contributed by atoms with E-state index < -0.39 is 10.0 Å². The molecule has 0 aliphatic carbocycles. The third-order valence-electron chi connectivity index (χ3n) is 4.41. The Kier molecular flexibility index (Phi) is 7.16. The minimum atomic E-state index is -3.74. The van der Waals surface area contributed by atoms with Gasteiger partial charge >= 0.3 is 0 Å². The molecule has 0 bridgehead atoms. The molecule has 146 valence electrons. The summed E-state index contributed by atoms with van der Waals surface area (Å²) in [4.78, 5) is 14.3. The van der Waals surface area contributed by atoms with E-state index in [1.54, 1.807) is 31.0 Å². The Balaban J connectivity index is 2.16. The number of hydrogen-bond donors (Lipinski definition) is 1. The van der Waals surface area contributed by atoms with Crippen LogP contribution in [0.25, 0.3) is 0 Å². The molecule has 6 heteroatoms. The summed E-state index contributed by atoms with van der Waals surface area (Å²) in [6, 6.07) is 15.2. The molecule has 0 saturated heterocycles. The molecule has 0 fully saturated rings. The number of sulfonamides is 1. The van der Waals surface area contributed by atoms with Crippen molar-refractivity contribution in [3.8, 4) is 0 Å². The molecule has 0 heterocycles. The summed E-state index contributed by atoms with van der Waals surface area (Å²) in [5, 5.41) is 0. The van der Waals surface area contributed by atoms with Gasteiger partial charge < -0.3 is 4.90 Å². The van der Waals surface area contributed by atoms with Crippen LogP contribution in [0.4, 0.5) is 0 Å². The standard InChI is InChI=1S/C21H28N2O3S/c1-16(2)13-14-23(4)21(24)19-11-8-12-20(15-19)27(25,26)22-17(3)18-9-6-5-7-10-18/h5-12,15-17,22H,13-14H2,1-4H3. The lowest BCUT2D eigenvalue weighted by atomic mass is 10.1. The highest BCUT2D eigenvalue weighted by Crippen LogP contribution is 2.18. The summed E-state index contributed by atoms with van der Waals surface area (Å²) >= 11 is 0. The molecule has 0 spiro atoms. The first-order chi connectivity index (χ1) is 12.7. The van der Waals surface area contributed by atoms with Crippen LogP contribution in [0.5, 0.6) is 0 Å². The maximum Gasteiger partial charge on any atom is 0.253 e. The van der Waals surface area contributed by atoms with Crippen LogP contribution < -0.4 is 4.72 Å². The van der Waals surface area contributed by atoms with Gasteiger partial charge in [0.2, 0.25) is 10.0 Å². The number of carbonyl (C=O) groups excluding carboxylic acids is 1. The second-order valence-corrected chi connectivity index (χ2v) is 8.90. The predicted octanol–water partition coefficient (Wildman–Crippen LogP) is 3.84. The van der Waals surface area contributed by atoms with E-state index in [0.29, 0.717) is 18.0 Å². The second-order valence-electron chi connectivity index (χ2n) is 7.19. The van der Waals surface area contributed by atoms with Crippen molar-refractivity contribution in [2.45, 2.75) is 38.1 Å². The molecular weight excluding hydrogens is 360 g/mol. The van der Waals surface area contributed by atoms with Gasteiger partial charge in [0.05, 0.1) is 4.90 Å². The maximum atomic E-state index is 12.7. The zero-order valence-corrected chi connectivity index (χ0v) is 17.2. The van der Waals surface area contributed by atoms with Crippen molar-refractivity contribution in [2.75, 3.05) is 13.6 Å². The van der Waals surface area contributed by atoms with Crippen LogP contribution in [0, 0.1) is 5.92 Å². The van der Waals surface area contributed by atoms with Crippen molar-refractivity contribution in [3.63, 3.8) is 0 Å². The third-order valence-corrected chi connectivity index (χ3v) is 5.95. The lowest BCUT2D eigenvalue weighted by molar-refractivity contribution is 0.0789. The number of benzene rings is 2. The van der Waals surface area contributed by atoms with E-state index in [1.807, 2.05) is 30.3 Å². The highest BCUT2D eigenvalue weighted by molar-refractivity contribution is 7.89. The first-order valence-electron chi connectivity index (χ1n) is 9.13. The molecule has 2 rings (SSSR count).